The number of benzene rings is 1. The number of anilines is 1. The first kappa shape index (κ1) is 13.1. The molecule has 0 aliphatic carbocycles. The smallest absolute Gasteiger partial charge is 0.0418 e. The number of hydrogen-bond acceptors (Lipinski definition) is 2. The average molecular weight is 260 g/mol. The number of thioether (sulfide) groups is 1. The van der Waals surface area contributed by atoms with Crippen LogP contribution in [-0.4, -0.2) is 10.8 Å². The Morgan fingerprint density at radius 2 is 1.83 bits per heavy atom. The van der Waals surface area contributed by atoms with Crippen LogP contribution in [-0.2, 0) is 13.6 Å². The van der Waals surface area contributed by atoms with Crippen LogP contribution in [0.4, 0.5) is 5.69 Å². The van der Waals surface area contributed by atoms with Gasteiger partial charge in [0.05, 0.1) is 0 Å². The third-order valence-corrected chi connectivity index (χ3v) is 4.20. The van der Waals surface area contributed by atoms with E-state index in [1.807, 2.05) is 0 Å². The summed E-state index contributed by atoms with van der Waals surface area (Å²) < 4.78 is 2.23. The van der Waals surface area contributed by atoms with Crippen LogP contribution in [0, 0.1) is 13.8 Å². The fraction of sp³-hybridized carbons (Fsp3) is 0.333. The van der Waals surface area contributed by atoms with Crippen LogP contribution < -0.4 is 5.32 Å². The molecule has 2 rings (SSSR count). The van der Waals surface area contributed by atoms with E-state index in [-0.39, 0.29) is 0 Å². The summed E-state index contributed by atoms with van der Waals surface area (Å²) in [5.41, 5.74) is 5.18. The maximum absolute atomic E-state index is 3.47. The minimum Gasteiger partial charge on any atom is -0.381 e. The first-order valence-electron chi connectivity index (χ1n) is 6.11. The molecule has 0 radical (unpaired) electrons. The van der Waals surface area contributed by atoms with Gasteiger partial charge in [-0.1, -0.05) is 0 Å². The Kier molecular flexibility index (Phi) is 4.02. The van der Waals surface area contributed by atoms with E-state index in [9.17, 15) is 0 Å². The SMILES string of the molecule is CSc1ccc(NCc2cc(C)n(C)c2C)cc1. The second-order valence-corrected chi connectivity index (χ2v) is 5.42. The zero-order valence-corrected chi connectivity index (χ0v) is 12.3. The second kappa shape index (κ2) is 5.53. The highest BCUT2D eigenvalue weighted by molar-refractivity contribution is 7.98. The lowest BCUT2D eigenvalue weighted by atomic mass is 10.2. The van der Waals surface area contributed by atoms with Crippen molar-refractivity contribution in [3.63, 3.8) is 0 Å². The summed E-state index contributed by atoms with van der Waals surface area (Å²) in [6, 6.07) is 10.8. The van der Waals surface area contributed by atoms with Gasteiger partial charge >= 0.3 is 0 Å². The molecule has 0 amide bonds. The van der Waals surface area contributed by atoms with Gasteiger partial charge in [0.1, 0.15) is 0 Å². The van der Waals surface area contributed by atoms with Gasteiger partial charge in [-0.15, -0.1) is 11.8 Å². The number of rotatable bonds is 4. The Balaban J connectivity index is 2.04. The topological polar surface area (TPSA) is 17.0 Å². The third kappa shape index (κ3) is 2.72. The molecule has 0 unspecified atom stereocenters. The molecular formula is C15H20N2S. The molecule has 18 heavy (non-hydrogen) atoms. The lowest BCUT2D eigenvalue weighted by Crippen LogP contribution is -2.01. The summed E-state index contributed by atoms with van der Waals surface area (Å²) in [5, 5.41) is 3.47. The van der Waals surface area contributed by atoms with Gasteiger partial charge in [0.15, 0.2) is 0 Å². The highest BCUT2D eigenvalue weighted by Gasteiger charge is 2.05. The van der Waals surface area contributed by atoms with Gasteiger partial charge in [-0.3, -0.25) is 0 Å². The van der Waals surface area contributed by atoms with Crippen molar-refractivity contribution < 1.29 is 0 Å². The summed E-state index contributed by atoms with van der Waals surface area (Å²) in [5.74, 6) is 0. The molecule has 0 fully saturated rings. The molecule has 0 spiro atoms. The molecule has 0 bridgehead atoms. The molecule has 0 aliphatic heterocycles. The standard InChI is InChI=1S/C15H20N2S/c1-11-9-13(12(2)17(11)3)10-16-14-5-7-15(18-4)8-6-14/h5-9,16H,10H2,1-4H3. The largest absolute Gasteiger partial charge is 0.381 e. The van der Waals surface area contributed by atoms with Crippen LogP contribution in [0.25, 0.3) is 0 Å². The van der Waals surface area contributed by atoms with Gasteiger partial charge in [-0.25, -0.2) is 0 Å². The van der Waals surface area contributed by atoms with Crippen molar-refractivity contribution in [2.45, 2.75) is 25.3 Å². The van der Waals surface area contributed by atoms with E-state index in [1.165, 1.54) is 27.5 Å². The molecule has 0 saturated heterocycles. The molecule has 1 N–H and O–H groups in total. The Bertz CT molecular complexity index is 526. The summed E-state index contributed by atoms with van der Waals surface area (Å²) in [4.78, 5) is 1.30. The zero-order chi connectivity index (χ0) is 13.1. The highest BCUT2D eigenvalue weighted by atomic mass is 32.2. The third-order valence-electron chi connectivity index (χ3n) is 3.45. The van der Waals surface area contributed by atoms with E-state index < -0.39 is 0 Å². The van der Waals surface area contributed by atoms with E-state index in [0.29, 0.717) is 0 Å². The van der Waals surface area contributed by atoms with E-state index in [4.69, 9.17) is 0 Å². The van der Waals surface area contributed by atoms with Crippen molar-refractivity contribution in [2.75, 3.05) is 11.6 Å². The van der Waals surface area contributed by atoms with Gasteiger partial charge in [-0.2, -0.15) is 0 Å². The van der Waals surface area contributed by atoms with Crippen LogP contribution in [0.3, 0.4) is 0 Å². The average Bonchev–Trinajstić information content (AvgIpc) is 2.64. The van der Waals surface area contributed by atoms with E-state index >= 15 is 0 Å². The van der Waals surface area contributed by atoms with Crippen LogP contribution >= 0.6 is 11.8 Å². The molecule has 96 valence electrons. The molecule has 3 heteroatoms. The zero-order valence-electron chi connectivity index (χ0n) is 11.4. The number of aryl methyl sites for hydroxylation is 1. The van der Waals surface area contributed by atoms with Crippen molar-refractivity contribution in [1.82, 2.24) is 4.57 Å². The van der Waals surface area contributed by atoms with Gasteiger partial charge in [0, 0.05) is 35.6 Å². The molecule has 2 aromatic rings. The van der Waals surface area contributed by atoms with Crippen LogP contribution in [0.15, 0.2) is 35.2 Å². The molecule has 2 nitrogen and oxygen atoms in total. The van der Waals surface area contributed by atoms with E-state index in [0.717, 1.165) is 6.54 Å². The quantitative estimate of drug-likeness (QED) is 0.838. The molecule has 0 saturated carbocycles. The highest BCUT2D eigenvalue weighted by Crippen LogP contribution is 2.19. The van der Waals surface area contributed by atoms with E-state index in [2.05, 4.69) is 67.4 Å². The Hall–Kier alpha value is -1.35. The Labute approximate surface area is 113 Å². The molecule has 0 atom stereocenters. The van der Waals surface area contributed by atoms with Crippen molar-refractivity contribution in [2.24, 2.45) is 7.05 Å². The second-order valence-electron chi connectivity index (χ2n) is 4.54. The van der Waals surface area contributed by atoms with Gasteiger partial charge in [-0.05, 0) is 56.0 Å². The van der Waals surface area contributed by atoms with Crippen molar-refractivity contribution >= 4 is 17.4 Å². The van der Waals surface area contributed by atoms with Crippen LogP contribution in [0.1, 0.15) is 17.0 Å². The molecule has 1 heterocycles. The first-order valence-corrected chi connectivity index (χ1v) is 7.34. The minimum atomic E-state index is 0.881. The first-order chi connectivity index (χ1) is 8.61. The molecule has 0 aliphatic rings. The Morgan fingerprint density at radius 1 is 1.17 bits per heavy atom. The van der Waals surface area contributed by atoms with Gasteiger partial charge < -0.3 is 9.88 Å². The van der Waals surface area contributed by atoms with Gasteiger partial charge in [0.25, 0.3) is 0 Å². The predicted octanol–water partition coefficient (Wildman–Crippen LogP) is 3.98. The molecule has 1 aromatic carbocycles. The lowest BCUT2D eigenvalue weighted by molar-refractivity contribution is 0.837. The number of nitrogens with one attached hydrogen (secondary N) is 1. The maximum atomic E-state index is 3.47. The fourth-order valence-corrected chi connectivity index (χ4v) is 2.43. The summed E-state index contributed by atoms with van der Waals surface area (Å²) in [6.45, 7) is 5.19. The van der Waals surface area contributed by atoms with E-state index in [1.54, 1.807) is 11.8 Å². The summed E-state index contributed by atoms with van der Waals surface area (Å²) >= 11 is 1.77. The molecule has 1 aromatic heterocycles. The van der Waals surface area contributed by atoms with Crippen molar-refractivity contribution in [3.05, 3.63) is 47.3 Å². The number of aromatic nitrogens is 1. The Morgan fingerprint density at radius 3 is 2.33 bits per heavy atom. The fourth-order valence-electron chi connectivity index (χ4n) is 2.02. The summed E-state index contributed by atoms with van der Waals surface area (Å²) in [7, 11) is 2.11. The van der Waals surface area contributed by atoms with Crippen molar-refractivity contribution in [1.29, 1.82) is 0 Å². The maximum Gasteiger partial charge on any atom is 0.0418 e. The monoisotopic (exact) mass is 260 g/mol. The van der Waals surface area contributed by atoms with Gasteiger partial charge in [0.2, 0.25) is 0 Å². The summed E-state index contributed by atoms with van der Waals surface area (Å²) in [6.07, 6.45) is 2.10. The lowest BCUT2D eigenvalue weighted by Gasteiger charge is -2.07. The number of hydrogen-bond donors (Lipinski definition) is 1. The molecular weight excluding hydrogens is 240 g/mol. The normalized spacial score (nSPS) is 10.7. The minimum absolute atomic E-state index is 0.881. The predicted molar refractivity (Wildman–Crippen MR) is 80.4 cm³/mol. The number of nitrogens with zero attached hydrogens (tertiary/aromatic N) is 1. The van der Waals surface area contributed by atoms with Crippen LogP contribution in [0.5, 0.6) is 0 Å². The van der Waals surface area contributed by atoms with Crippen LogP contribution in [0.2, 0.25) is 0 Å². The van der Waals surface area contributed by atoms with Crippen molar-refractivity contribution in [3.8, 4) is 0 Å².